The zero-order chi connectivity index (χ0) is 13.5. The van der Waals surface area contributed by atoms with Gasteiger partial charge in [-0.15, -0.1) is 0 Å². The van der Waals surface area contributed by atoms with Gasteiger partial charge in [0, 0.05) is 24.2 Å². The summed E-state index contributed by atoms with van der Waals surface area (Å²) in [6, 6.07) is 9.08. The molecule has 3 heteroatoms. The molecule has 18 heavy (non-hydrogen) atoms. The lowest BCUT2D eigenvalue weighted by Gasteiger charge is -2.30. The topological polar surface area (TPSA) is 24.5 Å². The lowest BCUT2D eigenvalue weighted by atomic mass is 10.0. The van der Waals surface area contributed by atoms with Crippen molar-refractivity contribution < 1.29 is 4.74 Å². The summed E-state index contributed by atoms with van der Waals surface area (Å²) in [5, 5.41) is 3.39. The third kappa shape index (κ3) is 3.72. The van der Waals surface area contributed by atoms with Crippen molar-refractivity contribution in [1.82, 2.24) is 10.2 Å². The fraction of sp³-hybridized carbons (Fsp3) is 0.600. The van der Waals surface area contributed by atoms with Crippen LogP contribution in [-0.4, -0.2) is 38.2 Å². The molecule has 1 aromatic rings. The Balaban J connectivity index is 2.88. The summed E-state index contributed by atoms with van der Waals surface area (Å²) in [6.07, 6.45) is 0. The average molecular weight is 250 g/mol. The standard InChI is InChI=1S/C15H26N2O/c1-6-17(12(2)3)11-14(16-4)13-9-7-8-10-15(13)18-5/h7-10,12,14,16H,6,11H2,1-5H3. The van der Waals surface area contributed by atoms with Crippen molar-refractivity contribution in [2.24, 2.45) is 0 Å². The molecule has 1 unspecified atom stereocenters. The van der Waals surface area contributed by atoms with E-state index in [0.29, 0.717) is 12.1 Å². The SMILES string of the molecule is CCN(CC(NC)c1ccccc1OC)C(C)C. The van der Waals surface area contributed by atoms with Crippen molar-refractivity contribution >= 4 is 0 Å². The number of rotatable bonds is 7. The molecule has 0 spiro atoms. The highest BCUT2D eigenvalue weighted by Gasteiger charge is 2.18. The van der Waals surface area contributed by atoms with Crippen LogP contribution in [-0.2, 0) is 0 Å². The van der Waals surface area contributed by atoms with Crippen LogP contribution in [0.3, 0.4) is 0 Å². The van der Waals surface area contributed by atoms with Crippen LogP contribution in [0.2, 0.25) is 0 Å². The second-order valence-electron chi connectivity index (χ2n) is 4.76. The molecule has 1 aromatic carbocycles. The molecule has 1 N–H and O–H groups in total. The molecule has 0 amide bonds. The highest BCUT2D eigenvalue weighted by molar-refractivity contribution is 5.36. The van der Waals surface area contributed by atoms with Crippen LogP contribution < -0.4 is 10.1 Å². The second kappa shape index (κ2) is 7.39. The number of hydrogen-bond acceptors (Lipinski definition) is 3. The zero-order valence-corrected chi connectivity index (χ0v) is 12.2. The summed E-state index contributed by atoms with van der Waals surface area (Å²) in [4.78, 5) is 2.45. The van der Waals surface area contributed by atoms with Crippen LogP contribution in [0.25, 0.3) is 0 Å². The minimum absolute atomic E-state index is 0.295. The lowest BCUT2D eigenvalue weighted by molar-refractivity contribution is 0.209. The number of methoxy groups -OCH3 is 1. The first-order chi connectivity index (χ1) is 8.63. The van der Waals surface area contributed by atoms with E-state index in [9.17, 15) is 0 Å². The second-order valence-corrected chi connectivity index (χ2v) is 4.76. The van der Waals surface area contributed by atoms with E-state index in [1.807, 2.05) is 19.2 Å². The summed E-state index contributed by atoms with van der Waals surface area (Å²) >= 11 is 0. The third-order valence-electron chi connectivity index (χ3n) is 3.42. The van der Waals surface area contributed by atoms with Crippen molar-refractivity contribution in [3.63, 3.8) is 0 Å². The average Bonchev–Trinajstić information content (AvgIpc) is 2.40. The number of benzene rings is 1. The van der Waals surface area contributed by atoms with Crippen LogP contribution in [0.15, 0.2) is 24.3 Å². The maximum Gasteiger partial charge on any atom is 0.123 e. The van der Waals surface area contributed by atoms with E-state index in [2.05, 4.69) is 43.1 Å². The first-order valence-electron chi connectivity index (χ1n) is 6.68. The van der Waals surface area contributed by atoms with E-state index in [4.69, 9.17) is 4.74 Å². The van der Waals surface area contributed by atoms with Gasteiger partial charge >= 0.3 is 0 Å². The monoisotopic (exact) mass is 250 g/mol. The van der Waals surface area contributed by atoms with Gasteiger partial charge in [-0.2, -0.15) is 0 Å². The van der Waals surface area contributed by atoms with E-state index >= 15 is 0 Å². The Bertz CT molecular complexity index is 352. The molecule has 0 aliphatic rings. The molecule has 0 aliphatic carbocycles. The Morgan fingerprint density at radius 2 is 1.94 bits per heavy atom. The summed E-state index contributed by atoms with van der Waals surface area (Å²) in [6.45, 7) is 8.72. The quantitative estimate of drug-likeness (QED) is 0.805. The van der Waals surface area contributed by atoms with Gasteiger partial charge in [0.15, 0.2) is 0 Å². The van der Waals surface area contributed by atoms with Gasteiger partial charge in [-0.25, -0.2) is 0 Å². The highest BCUT2D eigenvalue weighted by atomic mass is 16.5. The Morgan fingerprint density at radius 3 is 2.44 bits per heavy atom. The highest BCUT2D eigenvalue weighted by Crippen LogP contribution is 2.25. The summed E-state index contributed by atoms with van der Waals surface area (Å²) in [5.41, 5.74) is 1.22. The van der Waals surface area contributed by atoms with Gasteiger partial charge in [0.05, 0.1) is 7.11 Å². The van der Waals surface area contributed by atoms with E-state index < -0.39 is 0 Å². The number of hydrogen-bond donors (Lipinski definition) is 1. The van der Waals surface area contributed by atoms with Gasteiger partial charge in [-0.1, -0.05) is 25.1 Å². The molecule has 0 aromatic heterocycles. The normalized spacial score (nSPS) is 13.1. The molecule has 1 rings (SSSR count). The molecule has 0 aliphatic heterocycles. The molecule has 0 fully saturated rings. The minimum atomic E-state index is 0.295. The lowest BCUT2D eigenvalue weighted by Crippen LogP contribution is -2.38. The van der Waals surface area contributed by atoms with Gasteiger partial charge in [-0.05, 0) is 33.5 Å². The fourth-order valence-electron chi connectivity index (χ4n) is 2.24. The van der Waals surface area contributed by atoms with Crippen molar-refractivity contribution in [2.75, 3.05) is 27.2 Å². The molecule has 0 heterocycles. The van der Waals surface area contributed by atoms with Crippen LogP contribution in [0.1, 0.15) is 32.4 Å². The number of nitrogens with one attached hydrogen (secondary N) is 1. The summed E-state index contributed by atoms with van der Waals surface area (Å²) < 4.78 is 5.45. The molecule has 0 saturated carbocycles. The predicted molar refractivity (Wildman–Crippen MR) is 77.2 cm³/mol. The van der Waals surface area contributed by atoms with Crippen molar-refractivity contribution in [3.8, 4) is 5.75 Å². The van der Waals surface area contributed by atoms with E-state index in [0.717, 1.165) is 18.8 Å². The number of nitrogens with zero attached hydrogens (tertiary/aromatic N) is 1. The maximum atomic E-state index is 5.45. The van der Waals surface area contributed by atoms with E-state index in [1.165, 1.54) is 5.56 Å². The third-order valence-corrected chi connectivity index (χ3v) is 3.42. The Kier molecular flexibility index (Phi) is 6.16. The van der Waals surface area contributed by atoms with E-state index in [-0.39, 0.29) is 0 Å². The molecule has 102 valence electrons. The fourth-order valence-corrected chi connectivity index (χ4v) is 2.24. The van der Waals surface area contributed by atoms with Crippen LogP contribution in [0.4, 0.5) is 0 Å². The Hall–Kier alpha value is -1.06. The number of ether oxygens (including phenoxy) is 1. The van der Waals surface area contributed by atoms with Crippen molar-refractivity contribution in [2.45, 2.75) is 32.9 Å². The summed E-state index contributed by atoms with van der Waals surface area (Å²) in [5.74, 6) is 0.955. The maximum absolute atomic E-state index is 5.45. The molecule has 0 bridgehead atoms. The smallest absolute Gasteiger partial charge is 0.123 e. The Labute approximate surface area is 111 Å². The molecule has 1 atom stereocenters. The van der Waals surface area contributed by atoms with Gasteiger partial charge in [0.1, 0.15) is 5.75 Å². The van der Waals surface area contributed by atoms with Crippen LogP contribution in [0, 0.1) is 0 Å². The summed E-state index contributed by atoms with van der Waals surface area (Å²) in [7, 11) is 3.73. The van der Waals surface area contributed by atoms with E-state index in [1.54, 1.807) is 7.11 Å². The molecular formula is C15H26N2O. The number of para-hydroxylation sites is 1. The molecule has 3 nitrogen and oxygen atoms in total. The molecule has 0 saturated heterocycles. The largest absolute Gasteiger partial charge is 0.496 e. The number of likely N-dealkylation sites (N-methyl/N-ethyl adjacent to an activating group) is 2. The first-order valence-corrected chi connectivity index (χ1v) is 6.68. The van der Waals surface area contributed by atoms with Gasteiger partial charge < -0.3 is 10.1 Å². The minimum Gasteiger partial charge on any atom is -0.496 e. The zero-order valence-electron chi connectivity index (χ0n) is 12.2. The molecular weight excluding hydrogens is 224 g/mol. The van der Waals surface area contributed by atoms with Crippen LogP contribution in [0.5, 0.6) is 5.75 Å². The van der Waals surface area contributed by atoms with Gasteiger partial charge in [-0.3, -0.25) is 4.90 Å². The van der Waals surface area contributed by atoms with Gasteiger partial charge in [0.25, 0.3) is 0 Å². The Morgan fingerprint density at radius 1 is 1.28 bits per heavy atom. The predicted octanol–water partition coefficient (Wildman–Crippen LogP) is 2.69. The first kappa shape index (κ1) is 15.0. The van der Waals surface area contributed by atoms with Crippen molar-refractivity contribution in [3.05, 3.63) is 29.8 Å². The van der Waals surface area contributed by atoms with Gasteiger partial charge in [0.2, 0.25) is 0 Å². The van der Waals surface area contributed by atoms with Crippen LogP contribution >= 0.6 is 0 Å². The van der Waals surface area contributed by atoms with Crippen molar-refractivity contribution in [1.29, 1.82) is 0 Å². The molecule has 0 radical (unpaired) electrons.